The molecule has 0 spiro atoms. The van der Waals surface area contributed by atoms with Crippen LogP contribution in [0.1, 0.15) is 18.4 Å². The molecular weight excluding hydrogens is 338 g/mol. The summed E-state index contributed by atoms with van der Waals surface area (Å²) in [5.41, 5.74) is 3.12. The first-order valence-electron chi connectivity index (χ1n) is 9.57. The van der Waals surface area contributed by atoms with Crippen LogP contribution in [-0.4, -0.2) is 42.4 Å². The van der Waals surface area contributed by atoms with E-state index in [-0.39, 0.29) is 23.8 Å². The third-order valence-electron chi connectivity index (χ3n) is 5.46. The maximum atomic E-state index is 12.9. The first-order chi connectivity index (χ1) is 13.1. The number of anilines is 2. The molecule has 1 N–H and O–H groups in total. The Morgan fingerprint density at radius 2 is 1.78 bits per heavy atom. The van der Waals surface area contributed by atoms with Gasteiger partial charge in [0.15, 0.2) is 0 Å². The Balaban J connectivity index is 1.36. The largest absolute Gasteiger partial charge is 0.380 e. The number of aryl methyl sites for hydroxylation is 1. The van der Waals surface area contributed by atoms with Crippen LogP contribution in [0.25, 0.3) is 0 Å². The average Bonchev–Trinajstić information content (AvgIpc) is 3.30. The zero-order valence-electron chi connectivity index (χ0n) is 15.6. The Kier molecular flexibility index (Phi) is 4.84. The van der Waals surface area contributed by atoms with Gasteiger partial charge in [-0.25, -0.2) is 0 Å². The lowest BCUT2D eigenvalue weighted by Crippen LogP contribution is -2.37. The molecule has 2 unspecified atom stereocenters. The minimum Gasteiger partial charge on any atom is -0.380 e. The molecule has 2 aliphatic rings. The molecule has 27 heavy (non-hydrogen) atoms. The van der Waals surface area contributed by atoms with Crippen molar-refractivity contribution < 1.29 is 9.59 Å². The summed E-state index contributed by atoms with van der Waals surface area (Å²) in [6.07, 6.45) is 1.24. The van der Waals surface area contributed by atoms with E-state index in [1.165, 1.54) is 0 Å². The van der Waals surface area contributed by atoms with Gasteiger partial charge in [-0.15, -0.1) is 0 Å². The lowest BCUT2D eigenvalue weighted by molar-refractivity contribution is -0.134. The van der Waals surface area contributed by atoms with Crippen LogP contribution in [0.5, 0.6) is 0 Å². The van der Waals surface area contributed by atoms with Gasteiger partial charge in [0.2, 0.25) is 11.8 Å². The highest BCUT2D eigenvalue weighted by Crippen LogP contribution is 2.28. The van der Waals surface area contributed by atoms with Gasteiger partial charge in [0.25, 0.3) is 0 Å². The van der Waals surface area contributed by atoms with Gasteiger partial charge in [0.05, 0.1) is 5.92 Å². The molecule has 2 heterocycles. The van der Waals surface area contributed by atoms with Crippen molar-refractivity contribution in [1.29, 1.82) is 0 Å². The maximum Gasteiger partial charge on any atom is 0.228 e. The molecule has 2 aliphatic heterocycles. The normalized spacial score (nSPS) is 22.3. The predicted molar refractivity (Wildman–Crippen MR) is 107 cm³/mol. The van der Waals surface area contributed by atoms with Crippen LogP contribution in [0.3, 0.4) is 0 Å². The number of para-hydroxylation sites is 1. The standard InChI is InChI=1S/C22H25N3O2/c1-16-7-9-20(10-8-16)25-14-17(13-21(25)26)22(27)24-12-11-19(15-24)23-18-5-3-2-4-6-18/h2-10,17,19,23H,11-15H2,1H3. The van der Waals surface area contributed by atoms with Gasteiger partial charge in [-0.3, -0.25) is 9.59 Å². The summed E-state index contributed by atoms with van der Waals surface area (Å²) in [6, 6.07) is 18.3. The summed E-state index contributed by atoms with van der Waals surface area (Å²) < 4.78 is 0. The minimum absolute atomic E-state index is 0.0374. The van der Waals surface area contributed by atoms with Gasteiger partial charge >= 0.3 is 0 Å². The van der Waals surface area contributed by atoms with Gasteiger partial charge in [-0.2, -0.15) is 0 Å². The number of carbonyl (C=O) groups is 2. The number of carbonyl (C=O) groups excluding carboxylic acids is 2. The van der Waals surface area contributed by atoms with E-state index in [1.807, 2.05) is 66.4 Å². The first kappa shape index (κ1) is 17.6. The summed E-state index contributed by atoms with van der Waals surface area (Å²) in [6.45, 7) is 3.95. The molecule has 5 nitrogen and oxygen atoms in total. The van der Waals surface area contributed by atoms with Gasteiger partial charge in [-0.1, -0.05) is 35.9 Å². The summed E-state index contributed by atoms with van der Waals surface area (Å²) in [7, 11) is 0. The number of likely N-dealkylation sites (tertiary alicyclic amines) is 1. The van der Waals surface area contributed by atoms with Crippen LogP contribution in [0, 0.1) is 12.8 Å². The highest BCUT2D eigenvalue weighted by atomic mass is 16.2. The van der Waals surface area contributed by atoms with Crippen molar-refractivity contribution >= 4 is 23.2 Å². The first-order valence-corrected chi connectivity index (χ1v) is 9.57. The van der Waals surface area contributed by atoms with Crippen LogP contribution in [-0.2, 0) is 9.59 Å². The Labute approximate surface area is 160 Å². The molecule has 0 saturated carbocycles. The number of nitrogens with zero attached hydrogens (tertiary/aromatic N) is 2. The SMILES string of the molecule is Cc1ccc(N2CC(C(=O)N3CCC(Nc4ccccc4)C3)CC2=O)cc1. The number of hydrogen-bond donors (Lipinski definition) is 1. The van der Waals surface area contributed by atoms with Gasteiger partial charge in [0.1, 0.15) is 0 Å². The number of benzene rings is 2. The topological polar surface area (TPSA) is 52.7 Å². The van der Waals surface area contributed by atoms with Crippen LogP contribution in [0.15, 0.2) is 54.6 Å². The molecule has 2 aromatic rings. The second-order valence-corrected chi connectivity index (χ2v) is 7.52. The van der Waals surface area contributed by atoms with Gasteiger partial charge < -0.3 is 15.1 Å². The quantitative estimate of drug-likeness (QED) is 0.908. The molecule has 2 fully saturated rings. The predicted octanol–water partition coefficient (Wildman–Crippen LogP) is 3.06. The molecule has 0 aliphatic carbocycles. The number of nitrogens with one attached hydrogen (secondary N) is 1. The van der Waals surface area contributed by atoms with E-state index in [4.69, 9.17) is 0 Å². The van der Waals surface area contributed by atoms with Crippen molar-refractivity contribution in [3.8, 4) is 0 Å². The van der Waals surface area contributed by atoms with Gasteiger partial charge in [0, 0.05) is 43.5 Å². The van der Waals surface area contributed by atoms with E-state index >= 15 is 0 Å². The molecule has 4 rings (SSSR count). The molecule has 2 amide bonds. The second kappa shape index (κ2) is 7.43. The molecule has 2 saturated heterocycles. The monoisotopic (exact) mass is 363 g/mol. The molecule has 0 bridgehead atoms. The summed E-state index contributed by atoms with van der Waals surface area (Å²) >= 11 is 0. The van der Waals surface area contributed by atoms with Crippen LogP contribution in [0.4, 0.5) is 11.4 Å². The van der Waals surface area contributed by atoms with E-state index in [9.17, 15) is 9.59 Å². The fraction of sp³-hybridized carbons (Fsp3) is 0.364. The molecule has 0 radical (unpaired) electrons. The maximum absolute atomic E-state index is 12.9. The number of rotatable bonds is 4. The van der Waals surface area contributed by atoms with E-state index in [0.29, 0.717) is 19.5 Å². The Morgan fingerprint density at radius 1 is 1.04 bits per heavy atom. The smallest absolute Gasteiger partial charge is 0.228 e. The Bertz CT molecular complexity index is 819. The van der Waals surface area contributed by atoms with Crippen molar-refractivity contribution in [2.45, 2.75) is 25.8 Å². The molecule has 140 valence electrons. The molecular formula is C22H25N3O2. The zero-order chi connectivity index (χ0) is 18.8. The second-order valence-electron chi connectivity index (χ2n) is 7.52. The van der Waals surface area contributed by atoms with E-state index < -0.39 is 0 Å². The van der Waals surface area contributed by atoms with Crippen LogP contribution >= 0.6 is 0 Å². The van der Waals surface area contributed by atoms with Gasteiger partial charge in [-0.05, 0) is 37.6 Å². The van der Waals surface area contributed by atoms with Crippen LogP contribution in [0.2, 0.25) is 0 Å². The highest BCUT2D eigenvalue weighted by molar-refractivity contribution is 6.00. The highest BCUT2D eigenvalue weighted by Gasteiger charge is 2.39. The van der Waals surface area contributed by atoms with Crippen LogP contribution < -0.4 is 10.2 Å². The molecule has 0 aromatic heterocycles. The Morgan fingerprint density at radius 3 is 2.52 bits per heavy atom. The Hall–Kier alpha value is -2.82. The number of amides is 2. The van der Waals surface area contributed by atoms with E-state index in [1.54, 1.807) is 4.90 Å². The minimum atomic E-state index is -0.241. The number of hydrogen-bond acceptors (Lipinski definition) is 3. The van der Waals surface area contributed by atoms with Crippen molar-refractivity contribution in [3.05, 3.63) is 60.2 Å². The van der Waals surface area contributed by atoms with E-state index in [2.05, 4.69) is 5.32 Å². The van der Waals surface area contributed by atoms with Crippen molar-refractivity contribution in [2.75, 3.05) is 29.9 Å². The zero-order valence-corrected chi connectivity index (χ0v) is 15.6. The third-order valence-corrected chi connectivity index (χ3v) is 5.46. The van der Waals surface area contributed by atoms with Crippen molar-refractivity contribution in [3.63, 3.8) is 0 Å². The molecule has 2 aromatic carbocycles. The summed E-state index contributed by atoms with van der Waals surface area (Å²) in [5.74, 6) is -0.0973. The lowest BCUT2D eigenvalue weighted by atomic mass is 10.1. The fourth-order valence-electron chi connectivity index (χ4n) is 3.95. The molecule has 2 atom stereocenters. The fourth-order valence-corrected chi connectivity index (χ4v) is 3.95. The van der Waals surface area contributed by atoms with Crippen molar-refractivity contribution in [2.24, 2.45) is 5.92 Å². The van der Waals surface area contributed by atoms with Crippen molar-refractivity contribution in [1.82, 2.24) is 4.90 Å². The average molecular weight is 363 g/mol. The third kappa shape index (κ3) is 3.82. The van der Waals surface area contributed by atoms with E-state index in [0.717, 1.165) is 29.9 Å². The lowest BCUT2D eigenvalue weighted by Gasteiger charge is -2.21. The summed E-state index contributed by atoms with van der Waals surface area (Å²) in [4.78, 5) is 29.0. The summed E-state index contributed by atoms with van der Waals surface area (Å²) in [5, 5.41) is 3.49. The molecule has 5 heteroatoms.